The van der Waals surface area contributed by atoms with E-state index < -0.39 is 28.1 Å². The van der Waals surface area contributed by atoms with Gasteiger partial charge in [-0.1, -0.05) is 61.2 Å². The van der Waals surface area contributed by atoms with Crippen LogP contribution in [0, 0.1) is 0 Å². The minimum atomic E-state index is -3.82. The van der Waals surface area contributed by atoms with Crippen LogP contribution in [-0.4, -0.2) is 20.5 Å². The number of hydrogen-bond donors (Lipinski definition) is 1. The first-order chi connectivity index (χ1) is 13.5. The molecule has 1 aliphatic carbocycles. The van der Waals surface area contributed by atoms with Gasteiger partial charge in [-0.15, -0.1) is 0 Å². The second-order valence-corrected chi connectivity index (χ2v) is 8.40. The molecule has 0 unspecified atom stereocenters. The number of rotatable bonds is 5. The summed E-state index contributed by atoms with van der Waals surface area (Å²) in [4.78, 5) is 11.9. The summed E-state index contributed by atoms with van der Waals surface area (Å²) in [6.45, 7) is 3.41. The van der Waals surface area contributed by atoms with Crippen LogP contribution in [-0.2, 0) is 26.0 Å². The second kappa shape index (κ2) is 7.22. The summed E-state index contributed by atoms with van der Waals surface area (Å²) in [5.41, 5.74) is 1.77. The lowest BCUT2D eigenvalue weighted by atomic mass is 10.1. The molecule has 0 spiro atoms. The Balaban J connectivity index is 1.69. The van der Waals surface area contributed by atoms with Gasteiger partial charge in [0.05, 0.1) is 10.9 Å². The average molecular weight is 393 g/mol. The van der Waals surface area contributed by atoms with Crippen LogP contribution in [0.2, 0.25) is 0 Å². The van der Waals surface area contributed by atoms with E-state index in [9.17, 15) is 13.2 Å². The van der Waals surface area contributed by atoms with Gasteiger partial charge in [0.2, 0.25) is 10.0 Å². The monoisotopic (exact) mass is 393 g/mol. The molecule has 3 aromatic carbocycles. The lowest BCUT2D eigenvalue weighted by Crippen LogP contribution is -2.36. The number of carbonyl (C=O) groups excluding carboxylic acids is 1. The van der Waals surface area contributed by atoms with Gasteiger partial charge in [-0.25, -0.2) is 13.2 Å². The van der Waals surface area contributed by atoms with Crippen LogP contribution < -0.4 is 4.72 Å². The largest absolute Gasteiger partial charge is 0.457 e. The fraction of sp³-hybridized carbons (Fsp3) is 0.136. The zero-order valence-electron chi connectivity index (χ0n) is 15.0. The topological polar surface area (TPSA) is 72.5 Å². The molecule has 28 heavy (non-hydrogen) atoms. The van der Waals surface area contributed by atoms with Crippen molar-refractivity contribution in [1.82, 2.24) is 4.72 Å². The highest BCUT2D eigenvalue weighted by Crippen LogP contribution is 2.35. The van der Waals surface area contributed by atoms with E-state index in [-0.39, 0.29) is 4.90 Å². The standard InChI is InChI=1S/C22H19NO4S/c1-2-21(24)27-20-14-17-9-5-6-10-19(17)22(20)23-28(25,26)18-12-11-15-7-3-4-8-16(15)13-18/h2-13,20,22-23H,1,14H2/t20-,22+/m0/s1. The zero-order chi connectivity index (χ0) is 19.7. The molecule has 5 nitrogen and oxygen atoms in total. The minimum Gasteiger partial charge on any atom is -0.457 e. The fourth-order valence-electron chi connectivity index (χ4n) is 3.57. The smallest absolute Gasteiger partial charge is 0.330 e. The lowest BCUT2D eigenvalue weighted by Gasteiger charge is -2.22. The summed E-state index contributed by atoms with van der Waals surface area (Å²) in [5, 5.41) is 1.80. The van der Waals surface area contributed by atoms with E-state index in [0.29, 0.717) is 6.42 Å². The van der Waals surface area contributed by atoms with Crippen LogP contribution in [0.25, 0.3) is 10.8 Å². The first-order valence-electron chi connectivity index (χ1n) is 8.90. The van der Waals surface area contributed by atoms with E-state index >= 15 is 0 Å². The molecular weight excluding hydrogens is 374 g/mol. The molecule has 4 rings (SSSR count). The van der Waals surface area contributed by atoms with Gasteiger partial charge in [0.1, 0.15) is 6.10 Å². The molecule has 142 valence electrons. The van der Waals surface area contributed by atoms with Crippen molar-refractivity contribution in [1.29, 1.82) is 0 Å². The van der Waals surface area contributed by atoms with Gasteiger partial charge < -0.3 is 4.74 Å². The van der Waals surface area contributed by atoms with Crippen LogP contribution in [0.5, 0.6) is 0 Å². The van der Waals surface area contributed by atoms with Crippen LogP contribution in [0.1, 0.15) is 17.2 Å². The molecule has 0 aromatic heterocycles. The Kier molecular flexibility index (Phi) is 4.75. The van der Waals surface area contributed by atoms with Crippen molar-refractivity contribution in [2.75, 3.05) is 0 Å². The summed E-state index contributed by atoms with van der Waals surface area (Å²) in [5.74, 6) is -0.576. The van der Waals surface area contributed by atoms with Gasteiger partial charge in [-0.2, -0.15) is 4.72 Å². The van der Waals surface area contributed by atoms with Crippen LogP contribution in [0.3, 0.4) is 0 Å². The summed E-state index contributed by atoms with van der Waals surface area (Å²) in [6, 6.07) is 19.4. The Morgan fingerprint density at radius 1 is 1.04 bits per heavy atom. The zero-order valence-corrected chi connectivity index (χ0v) is 15.9. The number of carbonyl (C=O) groups is 1. The van der Waals surface area contributed by atoms with Crippen molar-refractivity contribution in [3.05, 3.63) is 90.5 Å². The van der Waals surface area contributed by atoms with E-state index in [1.54, 1.807) is 18.2 Å². The molecule has 0 heterocycles. The predicted molar refractivity (Wildman–Crippen MR) is 107 cm³/mol. The minimum absolute atomic E-state index is 0.171. The molecule has 3 aromatic rings. The number of nitrogens with one attached hydrogen (secondary N) is 1. The van der Waals surface area contributed by atoms with E-state index in [4.69, 9.17) is 4.74 Å². The highest BCUT2D eigenvalue weighted by atomic mass is 32.2. The second-order valence-electron chi connectivity index (χ2n) is 6.69. The molecule has 0 bridgehead atoms. The van der Waals surface area contributed by atoms with Crippen molar-refractivity contribution in [2.45, 2.75) is 23.5 Å². The Morgan fingerprint density at radius 3 is 2.54 bits per heavy atom. The van der Waals surface area contributed by atoms with Crippen molar-refractivity contribution < 1.29 is 17.9 Å². The maximum atomic E-state index is 13.1. The highest BCUT2D eigenvalue weighted by Gasteiger charge is 2.37. The summed E-state index contributed by atoms with van der Waals surface area (Å²) in [7, 11) is -3.82. The molecule has 1 N–H and O–H groups in total. The highest BCUT2D eigenvalue weighted by molar-refractivity contribution is 7.89. The molecule has 0 aliphatic heterocycles. The Morgan fingerprint density at radius 2 is 1.75 bits per heavy atom. The van der Waals surface area contributed by atoms with Crippen LogP contribution in [0.4, 0.5) is 0 Å². The third kappa shape index (κ3) is 3.44. The Bertz CT molecular complexity index is 1170. The van der Waals surface area contributed by atoms with Crippen LogP contribution in [0.15, 0.2) is 84.3 Å². The molecule has 0 saturated carbocycles. The maximum Gasteiger partial charge on any atom is 0.330 e. The third-order valence-electron chi connectivity index (χ3n) is 4.93. The normalized spacial score (nSPS) is 18.6. The van der Waals surface area contributed by atoms with Gasteiger partial charge in [-0.05, 0) is 34.0 Å². The third-order valence-corrected chi connectivity index (χ3v) is 6.37. The quantitative estimate of drug-likeness (QED) is 0.532. The fourth-order valence-corrected chi connectivity index (χ4v) is 4.85. The van der Waals surface area contributed by atoms with E-state index in [2.05, 4.69) is 11.3 Å². The first-order valence-corrected chi connectivity index (χ1v) is 10.4. The summed E-state index contributed by atoms with van der Waals surface area (Å²) < 4.78 is 34.3. The van der Waals surface area contributed by atoms with Gasteiger partial charge in [0.25, 0.3) is 0 Å². The van der Waals surface area contributed by atoms with E-state index in [0.717, 1.165) is 28.0 Å². The molecule has 1 aliphatic rings. The van der Waals surface area contributed by atoms with Crippen molar-refractivity contribution in [3.8, 4) is 0 Å². The van der Waals surface area contributed by atoms with Gasteiger partial charge in [-0.3, -0.25) is 0 Å². The lowest BCUT2D eigenvalue weighted by molar-refractivity contribution is -0.143. The van der Waals surface area contributed by atoms with Gasteiger partial charge >= 0.3 is 5.97 Å². The van der Waals surface area contributed by atoms with Crippen LogP contribution >= 0.6 is 0 Å². The molecule has 2 atom stereocenters. The molecule has 0 saturated heterocycles. The summed E-state index contributed by atoms with van der Waals surface area (Å²) in [6.07, 6.45) is 0.900. The van der Waals surface area contributed by atoms with Crippen molar-refractivity contribution in [2.24, 2.45) is 0 Å². The van der Waals surface area contributed by atoms with E-state index in [1.165, 1.54) is 0 Å². The molecule has 0 fully saturated rings. The average Bonchev–Trinajstić information content (AvgIpc) is 3.04. The van der Waals surface area contributed by atoms with Gasteiger partial charge in [0.15, 0.2) is 0 Å². The van der Waals surface area contributed by atoms with E-state index in [1.807, 2.05) is 48.5 Å². The molecule has 6 heteroatoms. The number of ether oxygens (including phenoxy) is 1. The maximum absolute atomic E-state index is 13.1. The number of hydrogen-bond acceptors (Lipinski definition) is 4. The number of esters is 1. The molecule has 0 amide bonds. The predicted octanol–water partition coefficient (Wildman–Crippen LogP) is 3.51. The number of sulfonamides is 1. The first kappa shape index (κ1) is 18.4. The molecular formula is C22H19NO4S. The van der Waals surface area contributed by atoms with Crippen molar-refractivity contribution in [3.63, 3.8) is 0 Å². The molecule has 0 radical (unpaired) electrons. The Labute approximate surface area is 163 Å². The van der Waals surface area contributed by atoms with Crippen molar-refractivity contribution >= 4 is 26.8 Å². The summed E-state index contributed by atoms with van der Waals surface area (Å²) >= 11 is 0. The SMILES string of the molecule is C=CC(=O)O[C@H]1Cc2ccccc2[C@H]1NS(=O)(=O)c1ccc2ccccc2c1. The number of benzene rings is 3. The Hall–Kier alpha value is -2.96. The van der Waals surface area contributed by atoms with Gasteiger partial charge in [0, 0.05) is 12.5 Å². The number of fused-ring (bicyclic) bond motifs is 2.